The van der Waals surface area contributed by atoms with E-state index in [1.54, 1.807) is 6.07 Å². The minimum absolute atomic E-state index is 0.238. The van der Waals surface area contributed by atoms with Crippen LogP contribution in [0.15, 0.2) is 72.5 Å². The van der Waals surface area contributed by atoms with E-state index in [-0.39, 0.29) is 4.90 Å². The van der Waals surface area contributed by atoms with E-state index in [2.05, 4.69) is 88.6 Å². The average molecular weight is 708 g/mol. The fourth-order valence-electron chi connectivity index (χ4n) is 8.92. The van der Waals surface area contributed by atoms with Gasteiger partial charge in [0.25, 0.3) is 0 Å². The standard InChI is InChI=1S/C42H53N5O3S/c1-11-25-26(12-2)35-22-37-28(14-4)30(16-6)39(45-37)32(23-47(9)10)41-42(17-7,18-8)33-20-24(51(48,49)50)19-31(40(33)46-41)38-29(15-5)27(13-3)36(44-38)21-34(25)43-35/h19-23,43H,11-18H2,1-10H3,(H,48,49,50)/b32-23-,36-21?,37-22?. The van der Waals surface area contributed by atoms with Gasteiger partial charge in [0.05, 0.1) is 33.3 Å². The smallest absolute Gasteiger partial charge is 0.218 e. The second kappa shape index (κ2) is 13.8. The van der Waals surface area contributed by atoms with Gasteiger partial charge in [-0.25, -0.2) is 18.4 Å². The number of hydrogen-bond donors (Lipinski definition) is 2. The molecule has 0 spiro atoms. The van der Waals surface area contributed by atoms with Crippen LogP contribution in [-0.2, 0) is 28.4 Å². The topological polar surface area (TPSA) is 115 Å². The van der Waals surface area contributed by atoms with Gasteiger partial charge in [-0.15, -0.1) is 0 Å². The van der Waals surface area contributed by atoms with E-state index in [1.807, 2.05) is 14.1 Å². The lowest BCUT2D eigenvalue weighted by atomic mass is 9.69. The third-order valence-corrected chi connectivity index (χ3v) is 12.2. The van der Waals surface area contributed by atoms with Gasteiger partial charge >= 0.3 is 0 Å². The number of rotatable bonds is 10. The van der Waals surface area contributed by atoms with Crippen molar-refractivity contribution in [1.29, 1.82) is 0 Å². The van der Waals surface area contributed by atoms with Crippen molar-refractivity contribution in [3.63, 3.8) is 0 Å². The molecule has 51 heavy (non-hydrogen) atoms. The van der Waals surface area contributed by atoms with Gasteiger partial charge in [0.2, 0.25) is 11.4 Å². The number of allylic oxidation sites excluding steroid dienone is 5. The lowest BCUT2D eigenvalue weighted by Crippen LogP contribution is -2.69. The van der Waals surface area contributed by atoms with Crippen LogP contribution >= 0.6 is 0 Å². The van der Waals surface area contributed by atoms with Crippen molar-refractivity contribution in [3.8, 4) is 0 Å². The van der Waals surface area contributed by atoms with E-state index in [0.717, 1.165) is 88.6 Å². The maximum absolute atomic E-state index is 12.9. The molecule has 2 aromatic rings. The van der Waals surface area contributed by atoms with E-state index in [1.165, 1.54) is 28.3 Å². The summed E-state index contributed by atoms with van der Waals surface area (Å²) in [5.74, 6) is 0. The Morgan fingerprint density at radius 2 is 1.41 bits per heavy atom. The molecule has 0 atom stereocenters. The Morgan fingerprint density at radius 1 is 0.804 bits per heavy atom. The Balaban J connectivity index is 1.85. The van der Waals surface area contributed by atoms with Gasteiger partial charge in [0.1, 0.15) is 10.1 Å². The maximum atomic E-state index is 12.9. The highest BCUT2D eigenvalue weighted by Gasteiger charge is 2.48. The molecule has 4 aliphatic rings. The molecule has 6 rings (SSSR count). The first-order chi connectivity index (χ1) is 24.3. The van der Waals surface area contributed by atoms with Crippen LogP contribution in [0.5, 0.6) is 0 Å². The first-order valence-corrected chi connectivity index (χ1v) is 20.2. The van der Waals surface area contributed by atoms with E-state index >= 15 is 0 Å². The third kappa shape index (κ3) is 5.77. The molecule has 0 fully saturated rings. The summed E-state index contributed by atoms with van der Waals surface area (Å²) >= 11 is 0. The van der Waals surface area contributed by atoms with Gasteiger partial charge in [-0.05, 0) is 97.4 Å². The fourth-order valence-corrected chi connectivity index (χ4v) is 9.45. The number of H-pyrrole nitrogens is 1. The molecule has 8 bridgehead atoms. The monoisotopic (exact) mass is 707 g/mol. The fraction of sp³-hybridized carbons (Fsp3) is 0.452. The lowest BCUT2D eigenvalue weighted by molar-refractivity contribution is -0.385. The quantitative estimate of drug-likeness (QED) is 0.248. The van der Waals surface area contributed by atoms with Crippen molar-refractivity contribution in [3.05, 3.63) is 91.2 Å². The predicted molar refractivity (Wildman–Crippen MR) is 209 cm³/mol. The van der Waals surface area contributed by atoms with Gasteiger partial charge in [-0.2, -0.15) is 0 Å². The molecule has 0 saturated heterocycles. The summed E-state index contributed by atoms with van der Waals surface area (Å²) in [6.07, 6.45) is 12.8. The van der Waals surface area contributed by atoms with Crippen LogP contribution in [0, 0.1) is 0 Å². The summed E-state index contributed by atoms with van der Waals surface area (Å²) < 4.78 is 38.8. The molecular weight excluding hydrogens is 655 g/mol. The Morgan fingerprint density at radius 3 is 1.94 bits per heavy atom. The minimum atomic E-state index is -4.80. The van der Waals surface area contributed by atoms with Crippen LogP contribution in [0.3, 0.4) is 0 Å². The van der Waals surface area contributed by atoms with Crippen LogP contribution in [0.25, 0.3) is 12.2 Å². The van der Waals surface area contributed by atoms with E-state index < -0.39 is 15.5 Å². The summed E-state index contributed by atoms with van der Waals surface area (Å²) in [7, 11) is -0.753. The Labute approximate surface area is 304 Å². The Bertz CT molecular complexity index is 2180. The molecule has 270 valence electrons. The van der Waals surface area contributed by atoms with Gasteiger partial charge in [-0.1, -0.05) is 55.4 Å². The van der Waals surface area contributed by atoms with Crippen molar-refractivity contribution in [2.24, 2.45) is 9.98 Å². The zero-order valence-electron chi connectivity index (χ0n) is 32.0. The van der Waals surface area contributed by atoms with Crippen molar-refractivity contribution in [2.75, 3.05) is 14.1 Å². The lowest BCUT2D eigenvalue weighted by Gasteiger charge is -2.31. The summed E-state index contributed by atoms with van der Waals surface area (Å²) in [6, 6.07) is 3.13. The van der Waals surface area contributed by atoms with Crippen LogP contribution in [-0.4, -0.2) is 54.1 Å². The summed E-state index contributed by atoms with van der Waals surface area (Å²) in [6.45, 7) is 17.4. The number of nitrogens with one attached hydrogen (secondary N) is 2. The van der Waals surface area contributed by atoms with Crippen molar-refractivity contribution in [2.45, 2.75) is 117 Å². The zero-order chi connectivity index (χ0) is 37.0. The first kappa shape index (κ1) is 36.7. The minimum Gasteiger partial charge on any atom is -0.744 e. The molecule has 0 aliphatic carbocycles. The van der Waals surface area contributed by atoms with Crippen LogP contribution < -0.4 is 4.99 Å². The number of benzene rings is 1. The highest BCUT2D eigenvalue weighted by atomic mass is 32.2. The predicted octanol–water partition coefficient (Wildman–Crippen LogP) is 7.60. The molecule has 0 amide bonds. The van der Waals surface area contributed by atoms with Crippen LogP contribution in [0.2, 0.25) is 0 Å². The van der Waals surface area contributed by atoms with E-state index in [9.17, 15) is 13.0 Å². The number of fused-ring (bicyclic) bond motifs is 5. The van der Waals surface area contributed by atoms with Gasteiger partial charge < -0.3 is 14.4 Å². The number of nitrogens with zero attached hydrogens (tertiary/aromatic N) is 3. The van der Waals surface area contributed by atoms with Crippen molar-refractivity contribution >= 4 is 45.1 Å². The second-order valence-corrected chi connectivity index (χ2v) is 15.4. The van der Waals surface area contributed by atoms with Crippen molar-refractivity contribution < 1.29 is 18.0 Å². The first-order valence-electron chi connectivity index (χ1n) is 18.8. The van der Waals surface area contributed by atoms with E-state index in [0.29, 0.717) is 36.2 Å². The largest absolute Gasteiger partial charge is 0.744 e. The molecule has 8 nitrogen and oxygen atoms in total. The molecule has 9 heteroatoms. The molecule has 0 saturated carbocycles. The molecule has 2 N–H and O–H groups in total. The van der Waals surface area contributed by atoms with Gasteiger partial charge in [0.15, 0.2) is 0 Å². The van der Waals surface area contributed by atoms with Crippen molar-refractivity contribution in [1.82, 2.24) is 9.88 Å². The zero-order valence-corrected chi connectivity index (χ0v) is 32.8. The Hall–Kier alpha value is -4.08. The molecular formula is C42H53N5O3S. The SMILES string of the molecule is CCC1=C(CC)C2=NC1=Cc1[nH]c(c(CC)c1CC)C=C1[NH+]=C(C(CC)=C1CC)/C(=C/N(C)C)C1=Nc3c2cc(S(=O)(=O)[O-])cc3C1(CC)CC. The van der Waals surface area contributed by atoms with E-state index in [4.69, 9.17) is 9.98 Å². The van der Waals surface area contributed by atoms with Crippen LogP contribution in [0.4, 0.5) is 5.69 Å². The number of aromatic nitrogens is 1. The number of aromatic amines is 1. The highest BCUT2D eigenvalue weighted by Crippen LogP contribution is 2.51. The maximum Gasteiger partial charge on any atom is 0.218 e. The third-order valence-electron chi connectivity index (χ3n) is 11.4. The molecule has 4 aliphatic heterocycles. The summed E-state index contributed by atoms with van der Waals surface area (Å²) in [5.41, 5.74) is 16.4. The highest BCUT2D eigenvalue weighted by molar-refractivity contribution is 7.85. The molecule has 0 unspecified atom stereocenters. The number of aliphatic imine (C=N–C) groups is 2. The Kier molecular flexibility index (Phi) is 9.94. The summed E-state index contributed by atoms with van der Waals surface area (Å²) in [4.78, 5) is 20.4. The average Bonchev–Trinajstić information content (AvgIpc) is 3.83. The summed E-state index contributed by atoms with van der Waals surface area (Å²) in [5, 5.41) is 0. The second-order valence-electron chi connectivity index (χ2n) is 14.1. The number of hydrogen-bond acceptors (Lipinski definition) is 6. The molecule has 5 heterocycles. The van der Waals surface area contributed by atoms with Gasteiger partial charge in [0, 0.05) is 59.9 Å². The van der Waals surface area contributed by atoms with Gasteiger partial charge in [-0.3, -0.25) is 4.99 Å². The molecule has 0 radical (unpaired) electrons. The molecule has 1 aromatic heterocycles. The van der Waals surface area contributed by atoms with Crippen LogP contribution in [0.1, 0.15) is 128 Å². The normalized spacial score (nSPS) is 18.7. The molecule has 1 aromatic carbocycles.